The number of carbonyl (C=O) groups is 3. The van der Waals surface area contributed by atoms with Crippen LogP contribution in [0, 0.1) is 17.5 Å². The number of hydrogen-bond donors (Lipinski definition) is 3. The highest BCUT2D eigenvalue weighted by molar-refractivity contribution is 9.11. The topological polar surface area (TPSA) is 303 Å². The van der Waals surface area contributed by atoms with E-state index in [2.05, 4.69) is 76.9 Å². The molecule has 36 heteroatoms. The number of benzene rings is 3. The molecule has 6 atom stereocenters. The molecule has 0 bridgehead atoms. The van der Waals surface area contributed by atoms with Crippen LogP contribution in [-0.4, -0.2) is 164 Å². The maximum absolute atomic E-state index is 13.8. The average molecular weight is 1710 g/mol. The number of aromatic nitrogens is 3. The first-order valence-corrected chi connectivity index (χ1v) is 42.3. The van der Waals surface area contributed by atoms with Crippen molar-refractivity contribution in [3.8, 4) is 0 Å². The lowest BCUT2D eigenvalue weighted by molar-refractivity contribution is -0.140. The Morgan fingerprint density at radius 3 is 0.941 bits per heavy atom. The molecule has 3 aromatic heterocycles. The second-order valence-corrected chi connectivity index (χ2v) is 36.2. The van der Waals surface area contributed by atoms with Crippen molar-refractivity contribution in [2.24, 2.45) is 15.0 Å². The summed E-state index contributed by atoms with van der Waals surface area (Å²) in [6.45, 7) is 6.64. The number of esters is 3. The third-order valence-electron chi connectivity index (χ3n) is 17.8. The van der Waals surface area contributed by atoms with E-state index in [9.17, 15) is 52.8 Å². The number of carbonyl (C=O) groups excluding carboxylic acids is 3. The van der Waals surface area contributed by atoms with Crippen LogP contribution >= 0.6 is 81.8 Å². The number of ether oxygens (including phenoxy) is 3. The van der Waals surface area contributed by atoms with Gasteiger partial charge in [-0.25, -0.2) is 81.9 Å². The fraction of sp³-hybridized carbons (Fsp3) is 0.409. The zero-order chi connectivity index (χ0) is 72.1. The van der Waals surface area contributed by atoms with Gasteiger partial charge in [0.05, 0.1) is 52.3 Å². The SMILES string of the molecule is CCOC(=O)C1=C2CC(NS(=O)(=O)C3CC3)CN2C(c2nccs2)=N[C@H]1c1ccc(F)cc1Br.CCOC(=O)C1=C2C[C@@H](NS(=O)(=O)C3CC3)CN2C(c2nccs2)=N[C@H]1c1ccc(F)cc1Br.CCOC(=O)C1=C2C[C@H](NS(=O)(=O)C3CC3)CN2C(c2nccs2)=N[C@H]1c1ccc(F)cc1Br. The van der Waals surface area contributed by atoms with E-state index in [4.69, 9.17) is 29.2 Å². The number of rotatable bonds is 21. The zero-order valence-corrected chi connectivity index (χ0v) is 64.3. The highest BCUT2D eigenvalue weighted by Gasteiger charge is 2.49. The van der Waals surface area contributed by atoms with Gasteiger partial charge in [0, 0.05) is 122 Å². The average Bonchev–Trinajstić information content (AvgIpc) is 1.57. The van der Waals surface area contributed by atoms with Gasteiger partial charge in [0.25, 0.3) is 0 Å². The normalized spacial score (nSPS) is 22.6. The first-order valence-electron chi connectivity index (χ1n) is 32.7. The molecule has 6 aromatic rings. The van der Waals surface area contributed by atoms with Gasteiger partial charge in [0.15, 0.2) is 32.5 Å². The largest absolute Gasteiger partial charge is 0.463 e. The van der Waals surface area contributed by atoms with Crippen LogP contribution in [0.1, 0.15) is 128 Å². The molecule has 0 radical (unpaired) electrons. The molecule has 15 rings (SSSR count). The summed E-state index contributed by atoms with van der Waals surface area (Å²) in [4.78, 5) is 73.0. The number of hydrogen-bond acceptors (Lipinski definition) is 24. The van der Waals surface area contributed by atoms with Crippen molar-refractivity contribution in [2.75, 3.05) is 39.5 Å². The van der Waals surface area contributed by atoms with E-state index >= 15 is 0 Å². The van der Waals surface area contributed by atoms with Crippen LogP contribution in [0.3, 0.4) is 0 Å². The van der Waals surface area contributed by atoms with E-state index < -0.39 is 102 Å². The maximum atomic E-state index is 13.8. The Labute approximate surface area is 623 Å². The number of thiazole rings is 3. The van der Waals surface area contributed by atoms with E-state index in [1.165, 1.54) is 70.4 Å². The quantitative estimate of drug-likeness (QED) is 0.0445. The predicted octanol–water partition coefficient (Wildman–Crippen LogP) is 10.6. The summed E-state index contributed by atoms with van der Waals surface area (Å²) in [6, 6.07) is 9.13. The molecule has 6 aliphatic heterocycles. The second kappa shape index (κ2) is 30.6. The Balaban J connectivity index is 0.000000137. The Hall–Kier alpha value is -6.45. The molecule has 3 aliphatic carbocycles. The lowest BCUT2D eigenvalue weighted by atomic mass is 9.94. The zero-order valence-electron chi connectivity index (χ0n) is 54.6. The minimum atomic E-state index is -3.43. The summed E-state index contributed by atoms with van der Waals surface area (Å²) < 4.78 is 143. The van der Waals surface area contributed by atoms with Gasteiger partial charge in [-0.2, -0.15) is 0 Å². The number of halogens is 6. The van der Waals surface area contributed by atoms with Gasteiger partial charge in [-0.1, -0.05) is 66.0 Å². The number of nitrogens with zero attached hydrogens (tertiary/aromatic N) is 9. The van der Waals surface area contributed by atoms with Crippen LogP contribution in [0.4, 0.5) is 13.2 Å². The van der Waals surface area contributed by atoms with E-state index in [0.29, 0.717) is 174 Å². The van der Waals surface area contributed by atoms with Gasteiger partial charge in [-0.3, -0.25) is 15.0 Å². The minimum absolute atomic E-state index is 0.174. The van der Waals surface area contributed by atoms with Crippen LogP contribution in [0.25, 0.3) is 0 Å². The summed E-state index contributed by atoms with van der Waals surface area (Å²) in [7, 11) is -10.3. The molecule has 24 nitrogen and oxygen atoms in total. The number of fused-ring (bicyclic) bond motifs is 3. The first-order chi connectivity index (χ1) is 48.8. The molecule has 540 valence electrons. The molecule has 3 aromatic carbocycles. The molecule has 0 spiro atoms. The smallest absolute Gasteiger partial charge is 0.338 e. The van der Waals surface area contributed by atoms with Crippen molar-refractivity contribution < 1.29 is 67.0 Å². The predicted molar refractivity (Wildman–Crippen MR) is 388 cm³/mol. The number of sulfonamides is 3. The molecule has 0 amide bonds. The molecule has 9 aliphatic rings. The highest BCUT2D eigenvalue weighted by Crippen LogP contribution is 2.47. The van der Waals surface area contributed by atoms with Crippen molar-refractivity contribution >= 4 is 147 Å². The lowest BCUT2D eigenvalue weighted by Crippen LogP contribution is -2.40. The molecule has 9 heterocycles. The van der Waals surface area contributed by atoms with E-state index in [1.807, 2.05) is 30.8 Å². The monoisotopic (exact) mass is 1700 g/mol. The van der Waals surface area contributed by atoms with Gasteiger partial charge < -0.3 is 28.9 Å². The molecule has 1 unspecified atom stereocenters. The Kier molecular flexibility index (Phi) is 22.1. The van der Waals surface area contributed by atoms with E-state index in [-0.39, 0.29) is 35.6 Å². The number of aliphatic imine (C=N–C) groups is 3. The van der Waals surface area contributed by atoms with Gasteiger partial charge in [-0.05, 0) is 112 Å². The standard InChI is InChI=1S/3C22H22BrFN4O4S2/c3*1-2-32-22(29)18-17-10-13(27-34(30,31)14-4-5-14)11-28(17)20(21-25-7-8-33-21)26-19(18)15-6-3-12(24)9-16(15)23/h3*3,6-9,13-14,19,27H,2,4-5,10-11H2,1H3/t13?,19-;13-,19+;13-,19-/m010/s1. The van der Waals surface area contributed by atoms with Crippen molar-refractivity contribution in [3.63, 3.8) is 0 Å². The molecule has 3 saturated heterocycles. The summed E-state index contributed by atoms with van der Waals surface area (Å²) in [5.41, 5.74) is 4.70. The maximum Gasteiger partial charge on any atom is 0.338 e. The van der Waals surface area contributed by atoms with Crippen LogP contribution < -0.4 is 14.2 Å². The third-order valence-corrected chi connectivity index (χ3v) is 28.2. The summed E-state index contributed by atoms with van der Waals surface area (Å²) in [5.74, 6) is -1.20. The third kappa shape index (κ3) is 15.9. The van der Waals surface area contributed by atoms with Crippen molar-refractivity contribution in [1.29, 1.82) is 0 Å². The molecule has 3 N–H and O–H groups in total. The second-order valence-electron chi connectivity index (χ2n) is 24.9. The summed E-state index contributed by atoms with van der Waals surface area (Å²) in [5, 5.41) is 6.38. The van der Waals surface area contributed by atoms with E-state index in [0.717, 1.165) is 0 Å². The molecule has 3 saturated carbocycles. The molecular weight excluding hydrogens is 1640 g/mol. The van der Waals surface area contributed by atoms with Crippen LogP contribution in [-0.2, 0) is 58.7 Å². The van der Waals surface area contributed by atoms with Crippen LogP contribution in [0.15, 0.2) is 152 Å². The first kappa shape index (κ1) is 73.8. The van der Waals surface area contributed by atoms with Gasteiger partial charge in [0.2, 0.25) is 30.1 Å². The molecule has 102 heavy (non-hydrogen) atoms. The summed E-state index contributed by atoms with van der Waals surface area (Å²) in [6.07, 6.45) is 9.88. The highest BCUT2D eigenvalue weighted by atomic mass is 79.9. The fourth-order valence-corrected chi connectivity index (χ4v) is 21.2. The van der Waals surface area contributed by atoms with E-state index in [1.54, 1.807) is 57.6 Å². The Morgan fingerprint density at radius 1 is 0.461 bits per heavy atom. The lowest BCUT2D eigenvalue weighted by Gasteiger charge is -2.31. The van der Waals surface area contributed by atoms with Gasteiger partial charge in [-0.15, -0.1) is 34.0 Å². The Bertz CT molecular complexity index is 4350. The van der Waals surface area contributed by atoms with Crippen molar-refractivity contribution in [2.45, 2.75) is 131 Å². The Morgan fingerprint density at radius 2 is 0.725 bits per heavy atom. The summed E-state index contributed by atoms with van der Waals surface area (Å²) >= 11 is 14.4. The van der Waals surface area contributed by atoms with Gasteiger partial charge >= 0.3 is 17.9 Å². The molecule has 6 fully saturated rings. The number of amidine groups is 3. The number of nitrogens with one attached hydrogen (secondary N) is 3. The van der Waals surface area contributed by atoms with Gasteiger partial charge in [0.1, 0.15) is 35.6 Å². The minimum Gasteiger partial charge on any atom is -0.463 e. The van der Waals surface area contributed by atoms with Crippen LogP contribution in [0.5, 0.6) is 0 Å². The van der Waals surface area contributed by atoms with Crippen molar-refractivity contribution in [1.82, 2.24) is 43.8 Å². The van der Waals surface area contributed by atoms with Crippen LogP contribution in [0.2, 0.25) is 0 Å². The fourth-order valence-electron chi connectivity index (χ4n) is 12.9. The molecular formula is C66H66Br3F3N12O12S6. The van der Waals surface area contributed by atoms with Crippen molar-refractivity contribution in [3.05, 3.63) is 186 Å².